The molecule has 0 unspecified atom stereocenters. The highest BCUT2D eigenvalue weighted by atomic mass is 14.9. The second-order valence-corrected chi connectivity index (χ2v) is 6.26. The summed E-state index contributed by atoms with van der Waals surface area (Å²) in [4.78, 5) is 0. The third-order valence-corrected chi connectivity index (χ3v) is 4.39. The van der Waals surface area contributed by atoms with Gasteiger partial charge >= 0.3 is 0 Å². The van der Waals surface area contributed by atoms with Crippen molar-refractivity contribution >= 4 is 5.69 Å². The van der Waals surface area contributed by atoms with Crippen LogP contribution in [0.4, 0.5) is 5.69 Å². The summed E-state index contributed by atoms with van der Waals surface area (Å²) < 4.78 is 0. The van der Waals surface area contributed by atoms with Crippen molar-refractivity contribution in [3.63, 3.8) is 0 Å². The van der Waals surface area contributed by atoms with Gasteiger partial charge in [0.25, 0.3) is 0 Å². The fourth-order valence-corrected chi connectivity index (χ4v) is 3.03. The normalized spacial score (nSPS) is 10.7. The minimum absolute atomic E-state index is 0.479. The Labute approximate surface area is 145 Å². The van der Waals surface area contributed by atoms with E-state index in [0.717, 1.165) is 25.7 Å². The summed E-state index contributed by atoms with van der Waals surface area (Å²) in [6.07, 6.45) is 4.51. The van der Waals surface area contributed by atoms with E-state index in [1.807, 2.05) is 0 Å². The molecule has 0 aliphatic rings. The molecule has 3 aromatic rings. The van der Waals surface area contributed by atoms with Gasteiger partial charge in [-0.3, -0.25) is 0 Å². The lowest BCUT2D eigenvalue weighted by atomic mass is 9.99. The van der Waals surface area contributed by atoms with Crippen LogP contribution in [0.2, 0.25) is 0 Å². The monoisotopic (exact) mass is 315 g/mol. The van der Waals surface area contributed by atoms with E-state index in [9.17, 15) is 0 Å². The quantitative estimate of drug-likeness (QED) is 0.559. The standard InChI is InChI=1S/C23H25N/c1-4-10-20(11-5-1)16-18-23(24-22-14-8-3-9-15-22)19-17-21-12-6-2-7-13-21/h1-15,23-24H,16-19H2. The predicted octanol–water partition coefficient (Wildman–Crippen LogP) is 5.73. The van der Waals surface area contributed by atoms with Crippen molar-refractivity contribution in [2.45, 2.75) is 31.7 Å². The Morgan fingerprint density at radius 2 is 0.958 bits per heavy atom. The third kappa shape index (κ3) is 5.27. The molecule has 1 N–H and O–H groups in total. The van der Waals surface area contributed by atoms with Crippen LogP contribution in [0.1, 0.15) is 24.0 Å². The number of rotatable bonds is 8. The molecule has 0 aromatic heterocycles. The Morgan fingerprint density at radius 1 is 0.542 bits per heavy atom. The molecule has 0 amide bonds. The van der Waals surface area contributed by atoms with Gasteiger partial charge < -0.3 is 5.32 Å². The second-order valence-electron chi connectivity index (χ2n) is 6.26. The van der Waals surface area contributed by atoms with Gasteiger partial charge in [0.05, 0.1) is 0 Å². The Bertz CT molecular complexity index is 648. The average Bonchev–Trinajstić information content (AvgIpc) is 2.66. The first-order valence-corrected chi connectivity index (χ1v) is 8.79. The molecule has 0 radical (unpaired) electrons. The van der Waals surface area contributed by atoms with Gasteiger partial charge in [0.15, 0.2) is 0 Å². The highest BCUT2D eigenvalue weighted by Crippen LogP contribution is 2.16. The Balaban J connectivity index is 1.61. The molecule has 122 valence electrons. The molecule has 0 saturated heterocycles. The molecule has 0 heterocycles. The molecule has 0 bridgehead atoms. The van der Waals surface area contributed by atoms with Gasteiger partial charge in [-0.05, 0) is 48.9 Å². The smallest absolute Gasteiger partial charge is 0.0342 e. The van der Waals surface area contributed by atoms with E-state index in [1.165, 1.54) is 16.8 Å². The molecule has 0 aliphatic carbocycles. The number of anilines is 1. The van der Waals surface area contributed by atoms with Crippen molar-refractivity contribution in [1.29, 1.82) is 0 Å². The third-order valence-electron chi connectivity index (χ3n) is 4.39. The van der Waals surface area contributed by atoms with Crippen molar-refractivity contribution < 1.29 is 0 Å². The van der Waals surface area contributed by atoms with Crippen LogP contribution in [0.25, 0.3) is 0 Å². The number of para-hydroxylation sites is 1. The topological polar surface area (TPSA) is 12.0 Å². The van der Waals surface area contributed by atoms with Crippen molar-refractivity contribution in [1.82, 2.24) is 0 Å². The van der Waals surface area contributed by atoms with Gasteiger partial charge in [-0.15, -0.1) is 0 Å². The van der Waals surface area contributed by atoms with Crippen LogP contribution in [0.3, 0.4) is 0 Å². The van der Waals surface area contributed by atoms with E-state index in [2.05, 4.69) is 96.3 Å². The van der Waals surface area contributed by atoms with Crippen LogP contribution in [0.15, 0.2) is 91.0 Å². The van der Waals surface area contributed by atoms with Crippen molar-refractivity contribution in [3.8, 4) is 0 Å². The van der Waals surface area contributed by atoms with Gasteiger partial charge in [0.2, 0.25) is 0 Å². The minimum Gasteiger partial charge on any atom is -0.382 e. The van der Waals surface area contributed by atoms with Gasteiger partial charge in [-0.1, -0.05) is 78.9 Å². The van der Waals surface area contributed by atoms with E-state index in [4.69, 9.17) is 0 Å². The zero-order chi connectivity index (χ0) is 16.5. The summed E-state index contributed by atoms with van der Waals surface area (Å²) in [6.45, 7) is 0. The summed E-state index contributed by atoms with van der Waals surface area (Å²) >= 11 is 0. The van der Waals surface area contributed by atoms with E-state index in [1.54, 1.807) is 0 Å². The molecule has 0 saturated carbocycles. The number of hydrogen-bond acceptors (Lipinski definition) is 1. The maximum Gasteiger partial charge on any atom is 0.0342 e. The fourth-order valence-electron chi connectivity index (χ4n) is 3.03. The van der Waals surface area contributed by atoms with E-state index >= 15 is 0 Å². The van der Waals surface area contributed by atoms with E-state index in [-0.39, 0.29) is 0 Å². The largest absolute Gasteiger partial charge is 0.382 e. The van der Waals surface area contributed by atoms with Crippen molar-refractivity contribution in [2.24, 2.45) is 0 Å². The Morgan fingerprint density at radius 3 is 1.42 bits per heavy atom. The maximum absolute atomic E-state index is 3.72. The molecule has 3 rings (SSSR count). The molecule has 1 nitrogen and oxygen atoms in total. The summed E-state index contributed by atoms with van der Waals surface area (Å²) in [5.74, 6) is 0. The number of nitrogens with one attached hydrogen (secondary N) is 1. The number of hydrogen-bond donors (Lipinski definition) is 1. The number of aryl methyl sites for hydroxylation is 2. The van der Waals surface area contributed by atoms with Crippen LogP contribution in [-0.4, -0.2) is 6.04 Å². The summed E-state index contributed by atoms with van der Waals surface area (Å²) in [5.41, 5.74) is 4.04. The zero-order valence-corrected chi connectivity index (χ0v) is 14.1. The Hall–Kier alpha value is -2.54. The average molecular weight is 315 g/mol. The first-order valence-electron chi connectivity index (χ1n) is 8.79. The SMILES string of the molecule is c1ccc(CCC(CCc2ccccc2)Nc2ccccc2)cc1. The second kappa shape index (κ2) is 8.93. The molecule has 3 aromatic carbocycles. The predicted molar refractivity (Wildman–Crippen MR) is 103 cm³/mol. The number of benzene rings is 3. The molecule has 1 heteroatoms. The highest BCUT2D eigenvalue weighted by molar-refractivity contribution is 5.43. The van der Waals surface area contributed by atoms with Gasteiger partial charge in [-0.25, -0.2) is 0 Å². The molecule has 0 fully saturated rings. The summed E-state index contributed by atoms with van der Waals surface area (Å²) in [7, 11) is 0. The van der Waals surface area contributed by atoms with Crippen molar-refractivity contribution in [2.75, 3.05) is 5.32 Å². The van der Waals surface area contributed by atoms with Crippen LogP contribution < -0.4 is 5.32 Å². The van der Waals surface area contributed by atoms with Gasteiger partial charge in [0.1, 0.15) is 0 Å². The molecule has 0 spiro atoms. The lowest BCUT2D eigenvalue weighted by Gasteiger charge is -2.20. The maximum atomic E-state index is 3.72. The van der Waals surface area contributed by atoms with Crippen LogP contribution in [0, 0.1) is 0 Å². The first-order chi connectivity index (χ1) is 11.9. The van der Waals surface area contributed by atoms with Gasteiger partial charge in [-0.2, -0.15) is 0 Å². The van der Waals surface area contributed by atoms with Gasteiger partial charge in [0, 0.05) is 11.7 Å². The highest BCUT2D eigenvalue weighted by Gasteiger charge is 2.09. The van der Waals surface area contributed by atoms with E-state index in [0.29, 0.717) is 6.04 Å². The lowest BCUT2D eigenvalue weighted by molar-refractivity contribution is 0.603. The lowest BCUT2D eigenvalue weighted by Crippen LogP contribution is -2.21. The summed E-state index contributed by atoms with van der Waals surface area (Å²) in [5, 5.41) is 3.72. The van der Waals surface area contributed by atoms with Crippen LogP contribution in [0.5, 0.6) is 0 Å². The fraction of sp³-hybridized carbons (Fsp3) is 0.217. The zero-order valence-electron chi connectivity index (χ0n) is 14.1. The van der Waals surface area contributed by atoms with Crippen LogP contribution in [-0.2, 0) is 12.8 Å². The van der Waals surface area contributed by atoms with Crippen molar-refractivity contribution in [3.05, 3.63) is 102 Å². The minimum atomic E-state index is 0.479. The molecular formula is C23H25N. The van der Waals surface area contributed by atoms with Crippen LogP contribution >= 0.6 is 0 Å². The molecule has 0 atom stereocenters. The first kappa shape index (κ1) is 16.3. The molecule has 24 heavy (non-hydrogen) atoms. The molecular weight excluding hydrogens is 290 g/mol. The van der Waals surface area contributed by atoms with E-state index < -0.39 is 0 Å². The molecule has 0 aliphatic heterocycles. The summed E-state index contributed by atoms with van der Waals surface area (Å²) in [6, 6.07) is 32.6. The Kier molecular flexibility index (Phi) is 6.07.